The summed E-state index contributed by atoms with van der Waals surface area (Å²) in [5.74, 6) is -0.0113. The molecule has 94 valence electrons. The number of rotatable bonds is 7. The molecular formula is C11H18N4O2. The average Bonchev–Trinajstić information content (AvgIpc) is 2.34. The third-order valence-electron chi connectivity index (χ3n) is 2.37. The molecule has 4 N–H and O–H groups in total. The van der Waals surface area contributed by atoms with E-state index >= 15 is 0 Å². The minimum Gasteiger partial charge on any atom is -0.395 e. The quantitative estimate of drug-likeness (QED) is 0.452. The van der Waals surface area contributed by atoms with E-state index in [0.717, 1.165) is 5.69 Å². The highest BCUT2D eigenvalue weighted by atomic mass is 16.5. The predicted octanol–water partition coefficient (Wildman–Crippen LogP) is -0.189. The van der Waals surface area contributed by atoms with Crippen molar-refractivity contribution in [1.82, 2.24) is 4.98 Å². The summed E-state index contributed by atoms with van der Waals surface area (Å²) < 4.78 is 5.01. The molecule has 6 heteroatoms. The summed E-state index contributed by atoms with van der Waals surface area (Å²) in [4.78, 5) is 5.92. The van der Waals surface area contributed by atoms with Crippen LogP contribution >= 0.6 is 0 Å². The van der Waals surface area contributed by atoms with Gasteiger partial charge >= 0.3 is 0 Å². The van der Waals surface area contributed by atoms with Gasteiger partial charge in [-0.05, 0) is 6.07 Å². The van der Waals surface area contributed by atoms with Gasteiger partial charge < -0.3 is 20.5 Å². The Morgan fingerprint density at radius 1 is 1.59 bits per heavy atom. The molecule has 0 aliphatic heterocycles. The van der Waals surface area contributed by atoms with Crippen LogP contribution in [0, 0.1) is 5.41 Å². The number of anilines is 1. The number of amidine groups is 1. The molecule has 1 rings (SSSR count). The standard InChI is InChI=1S/C11H18N4O2/c1-17-7-5-15(4-6-16)10-8-14-3-2-9(10)11(12)13/h2-3,8,16H,4-7H2,1H3,(H3,12,13). The first-order valence-electron chi connectivity index (χ1n) is 5.33. The molecule has 0 aliphatic carbocycles. The Hall–Kier alpha value is -1.66. The van der Waals surface area contributed by atoms with E-state index in [1.165, 1.54) is 0 Å². The number of aliphatic hydroxyl groups excluding tert-OH is 1. The van der Waals surface area contributed by atoms with Crippen LogP contribution < -0.4 is 10.6 Å². The molecule has 1 aromatic rings. The lowest BCUT2D eigenvalue weighted by molar-refractivity contribution is 0.203. The first kappa shape index (κ1) is 13.4. The molecule has 0 atom stereocenters. The zero-order chi connectivity index (χ0) is 12.7. The van der Waals surface area contributed by atoms with Crippen LogP contribution in [0.5, 0.6) is 0 Å². The second-order valence-corrected chi connectivity index (χ2v) is 3.51. The van der Waals surface area contributed by atoms with Gasteiger partial charge in [0.1, 0.15) is 5.84 Å². The van der Waals surface area contributed by atoms with Crippen molar-refractivity contribution < 1.29 is 9.84 Å². The number of methoxy groups -OCH3 is 1. The molecule has 1 aromatic heterocycles. The Bertz CT molecular complexity index is 370. The summed E-state index contributed by atoms with van der Waals surface area (Å²) in [5, 5.41) is 16.5. The van der Waals surface area contributed by atoms with E-state index in [1.807, 2.05) is 4.90 Å². The maximum Gasteiger partial charge on any atom is 0.125 e. The molecule has 0 radical (unpaired) electrons. The highest BCUT2D eigenvalue weighted by Crippen LogP contribution is 2.18. The molecular weight excluding hydrogens is 220 g/mol. The van der Waals surface area contributed by atoms with Crippen LogP contribution in [0.15, 0.2) is 18.5 Å². The second kappa shape index (κ2) is 6.82. The molecule has 0 bridgehead atoms. The number of nitrogen functional groups attached to an aromatic ring is 1. The Morgan fingerprint density at radius 3 is 2.94 bits per heavy atom. The van der Waals surface area contributed by atoms with Crippen LogP contribution in [0.3, 0.4) is 0 Å². The van der Waals surface area contributed by atoms with E-state index in [2.05, 4.69) is 4.98 Å². The smallest absolute Gasteiger partial charge is 0.125 e. The number of pyridine rings is 1. The number of aromatic nitrogens is 1. The molecule has 17 heavy (non-hydrogen) atoms. The molecule has 0 fully saturated rings. The molecule has 0 spiro atoms. The fraction of sp³-hybridized carbons (Fsp3) is 0.455. The Morgan fingerprint density at radius 2 is 2.35 bits per heavy atom. The van der Waals surface area contributed by atoms with E-state index in [-0.39, 0.29) is 12.4 Å². The van der Waals surface area contributed by atoms with Crippen molar-refractivity contribution in [3.8, 4) is 0 Å². The lowest BCUT2D eigenvalue weighted by atomic mass is 10.2. The molecule has 0 amide bonds. The van der Waals surface area contributed by atoms with Gasteiger partial charge in [-0.25, -0.2) is 0 Å². The zero-order valence-electron chi connectivity index (χ0n) is 9.89. The van der Waals surface area contributed by atoms with Crippen molar-refractivity contribution in [3.63, 3.8) is 0 Å². The number of hydrogen-bond donors (Lipinski definition) is 3. The molecule has 0 saturated heterocycles. The normalized spacial score (nSPS) is 10.2. The SMILES string of the molecule is COCCN(CCO)c1cnccc1C(=N)N. The number of nitrogens with two attached hydrogens (primary N) is 1. The summed E-state index contributed by atoms with van der Waals surface area (Å²) in [6.45, 7) is 1.63. The molecule has 0 aromatic carbocycles. The van der Waals surface area contributed by atoms with E-state index in [4.69, 9.17) is 21.0 Å². The van der Waals surface area contributed by atoms with Crippen molar-refractivity contribution in [3.05, 3.63) is 24.0 Å². The highest BCUT2D eigenvalue weighted by molar-refractivity contribution is 6.00. The number of aliphatic hydroxyl groups is 1. The topological polar surface area (TPSA) is 95.5 Å². The Kier molecular flexibility index (Phi) is 5.38. The Labute approximate surface area is 101 Å². The third kappa shape index (κ3) is 3.69. The minimum absolute atomic E-state index is 0.0113. The number of nitrogens with one attached hydrogen (secondary N) is 1. The van der Waals surface area contributed by atoms with Gasteiger partial charge in [-0.15, -0.1) is 0 Å². The summed E-state index contributed by atoms with van der Waals surface area (Å²) in [6.07, 6.45) is 3.23. The van der Waals surface area contributed by atoms with E-state index in [9.17, 15) is 0 Å². The lowest BCUT2D eigenvalue weighted by Crippen LogP contribution is -2.32. The molecule has 0 saturated carbocycles. The first-order valence-corrected chi connectivity index (χ1v) is 5.33. The summed E-state index contributed by atoms with van der Waals surface area (Å²) in [6, 6.07) is 1.69. The van der Waals surface area contributed by atoms with Gasteiger partial charge in [0.2, 0.25) is 0 Å². The largest absolute Gasteiger partial charge is 0.395 e. The maximum absolute atomic E-state index is 9.04. The molecule has 6 nitrogen and oxygen atoms in total. The van der Waals surface area contributed by atoms with Crippen LogP contribution in [0.1, 0.15) is 5.56 Å². The molecule has 0 unspecified atom stereocenters. The Balaban J connectivity index is 2.95. The first-order chi connectivity index (χ1) is 8.20. The summed E-state index contributed by atoms with van der Waals surface area (Å²) in [5.41, 5.74) is 6.87. The van der Waals surface area contributed by atoms with Gasteiger partial charge in [0.05, 0.1) is 25.1 Å². The predicted molar refractivity (Wildman–Crippen MR) is 66.4 cm³/mol. The fourth-order valence-corrected chi connectivity index (χ4v) is 1.54. The average molecular weight is 238 g/mol. The second-order valence-electron chi connectivity index (χ2n) is 3.51. The van der Waals surface area contributed by atoms with E-state index in [0.29, 0.717) is 25.3 Å². The number of hydrogen-bond acceptors (Lipinski definition) is 5. The van der Waals surface area contributed by atoms with Crippen LogP contribution in [-0.4, -0.2) is 49.3 Å². The fourth-order valence-electron chi connectivity index (χ4n) is 1.54. The van der Waals surface area contributed by atoms with Crippen LogP contribution in [-0.2, 0) is 4.74 Å². The molecule has 1 heterocycles. The van der Waals surface area contributed by atoms with Crippen molar-refractivity contribution >= 4 is 11.5 Å². The van der Waals surface area contributed by atoms with Gasteiger partial charge in [-0.2, -0.15) is 0 Å². The van der Waals surface area contributed by atoms with Crippen LogP contribution in [0.4, 0.5) is 5.69 Å². The maximum atomic E-state index is 9.04. The number of ether oxygens (including phenoxy) is 1. The van der Waals surface area contributed by atoms with Crippen molar-refractivity contribution in [1.29, 1.82) is 5.41 Å². The van der Waals surface area contributed by atoms with Crippen LogP contribution in [0.2, 0.25) is 0 Å². The zero-order valence-corrected chi connectivity index (χ0v) is 9.89. The molecule has 0 aliphatic rings. The van der Waals surface area contributed by atoms with Gasteiger partial charge in [0.25, 0.3) is 0 Å². The van der Waals surface area contributed by atoms with Gasteiger partial charge in [0, 0.05) is 32.0 Å². The number of nitrogens with zero attached hydrogens (tertiary/aromatic N) is 2. The third-order valence-corrected chi connectivity index (χ3v) is 2.37. The summed E-state index contributed by atoms with van der Waals surface area (Å²) in [7, 11) is 1.62. The monoisotopic (exact) mass is 238 g/mol. The highest BCUT2D eigenvalue weighted by Gasteiger charge is 2.12. The van der Waals surface area contributed by atoms with Crippen molar-refractivity contribution in [2.75, 3.05) is 38.3 Å². The minimum atomic E-state index is -0.0113. The van der Waals surface area contributed by atoms with Crippen LogP contribution in [0.25, 0.3) is 0 Å². The van der Waals surface area contributed by atoms with Gasteiger partial charge in [0.15, 0.2) is 0 Å². The van der Waals surface area contributed by atoms with Gasteiger partial charge in [-0.3, -0.25) is 10.4 Å². The van der Waals surface area contributed by atoms with Gasteiger partial charge in [-0.1, -0.05) is 0 Å². The van der Waals surface area contributed by atoms with E-state index in [1.54, 1.807) is 25.6 Å². The van der Waals surface area contributed by atoms with E-state index < -0.39 is 0 Å². The summed E-state index contributed by atoms with van der Waals surface area (Å²) >= 11 is 0. The van der Waals surface area contributed by atoms with Crippen molar-refractivity contribution in [2.24, 2.45) is 5.73 Å². The van der Waals surface area contributed by atoms with Crippen molar-refractivity contribution in [2.45, 2.75) is 0 Å². The lowest BCUT2D eigenvalue weighted by Gasteiger charge is -2.25.